The number of hydrogen-bond acceptors (Lipinski definition) is 6. The third kappa shape index (κ3) is 7.21. The van der Waals surface area contributed by atoms with E-state index in [2.05, 4.69) is 35.8 Å². The number of amides is 1. The van der Waals surface area contributed by atoms with Gasteiger partial charge in [-0.3, -0.25) is 4.79 Å². The molecule has 1 amide bonds. The van der Waals surface area contributed by atoms with Crippen molar-refractivity contribution in [2.75, 3.05) is 6.61 Å². The summed E-state index contributed by atoms with van der Waals surface area (Å²) in [7, 11) is 0. The Hall–Kier alpha value is -3.16. The molecular weight excluding hydrogens is 554 g/mol. The lowest BCUT2D eigenvalue weighted by atomic mass is 9.48. The quantitative estimate of drug-likeness (QED) is 0.182. The fraction of sp³-hybridized carbons (Fsp3) is 0.568. The maximum absolute atomic E-state index is 13.0. The Kier molecular flexibility index (Phi) is 8.89. The van der Waals surface area contributed by atoms with E-state index >= 15 is 0 Å². The van der Waals surface area contributed by atoms with Gasteiger partial charge in [0.2, 0.25) is 0 Å². The van der Waals surface area contributed by atoms with Crippen molar-refractivity contribution in [1.29, 1.82) is 0 Å². The number of nitrogens with one attached hydrogen (secondary N) is 1. The van der Waals surface area contributed by atoms with Gasteiger partial charge in [0.25, 0.3) is 5.91 Å². The number of hydrogen-bond donors (Lipinski definition) is 1. The Balaban J connectivity index is 1.22. The minimum absolute atomic E-state index is 0.0822. The summed E-state index contributed by atoms with van der Waals surface area (Å²) in [5, 5.41) is 0. The van der Waals surface area contributed by atoms with Crippen LogP contribution in [0.5, 0.6) is 5.75 Å². The highest BCUT2D eigenvalue weighted by Crippen LogP contribution is 2.62. The van der Waals surface area contributed by atoms with Crippen LogP contribution >= 0.6 is 0 Å². The predicted molar refractivity (Wildman–Crippen MR) is 170 cm³/mol. The molecule has 7 heteroatoms. The van der Waals surface area contributed by atoms with Crippen LogP contribution in [-0.4, -0.2) is 36.5 Å². The minimum Gasteiger partial charge on any atom is -0.481 e. The molecule has 44 heavy (non-hydrogen) atoms. The first-order valence-corrected chi connectivity index (χ1v) is 16.4. The zero-order chi connectivity index (χ0) is 30.9. The topological polar surface area (TPSA) is 83.1 Å². The van der Waals surface area contributed by atoms with Crippen LogP contribution in [0.3, 0.4) is 0 Å². The van der Waals surface area contributed by atoms with Gasteiger partial charge in [-0.1, -0.05) is 30.3 Å². The van der Waals surface area contributed by atoms with Gasteiger partial charge in [-0.15, -0.1) is 0 Å². The van der Waals surface area contributed by atoms with Crippen LogP contribution in [0.25, 0.3) is 17.2 Å². The average Bonchev–Trinajstić information content (AvgIpc) is 2.98. The number of hydroxylamine groups is 1. The SMILES string of the molecule is CC(Oc1ccc(-c2ccc(/C=C/C(=O)OC(C)(C)C)cc2)cc1C12CC3CC(CC(C3)C1)C2)C(=O)NOC1CCCCO1. The van der Waals surface area contributed by atoms with E-state index in [0.29, 0.717) is 6.61 Å². The molecule has 2 aromatic rings. The molecule has 1 saturated heterocycles. The molecule has 7 rings (SSSR count). The highest BCUT2D eigenvalue weighted by molar-refractivity contribution is 5.87. The summed E-state index contributed by atoms with van der Waals surface area (Å²) in [5.74, 6) is 2.46. The van der Waals surface area contributed by atoms with Gasteiger partial charge in [0.15, 0.2) is 12.4 Å². The van der Waals surface area contributed by atoms with Gasteiger partial charge >= 0.3 is 5.97 Å². The van der Waals surface area contributed by atoms with Crippen molar-refractivity contribution in [3.63, 3.8) is 0 Å². The van der Waals surface area contributed by atoms with Crippen LogP contribution in [0.4, 0.5) is 0 Å². The molecule has 1 heterocycles. The second-order valence-electron chi connectivity index (χ2n) is 14.5. The molecule has 1 N–H and O–H groups in total. The molecule has 1 aliphatic heterocycles. The molecule has 4 aliphatic carbocycles. The lowest BCUT2D eigenvalue weighted by Crippen LogP contribution is -2.49. The molecule has 5 aliphatic rings. The predicted octanol–water partition coefficient (Wildman–Crippen LogP) is 7.52. The number of carbonyl (C=O) groups excluding carboxylic acids is 2. The normalized spacial score (nSPS) is 28.5. The van der Waals surface area contributed by atoms with Crippen molar-refractivity contribution >= 4 is 18.0 Å². The molecule has 0 aromatic heterocycles. The van der Waals surface area contributed by atoms with Crippen LogP contribution in [0.1, 0.15) is 96.6 Å². The van der Waals surface area contributed by atoms with Crippen molar-refractivity contribution in [3.05, 3.63) is 59.7 Å². The molecular formula is C37H47NO6. The standard InChI is InChI=1S/C37H47NO6/c1-24(35(40)38-44-34-7-5-6-16-41-34)42-32-14-13-30(20-31(32)37-21-26-17-27(22-37)19-28(18-26)23-37)29-11-8-25(9-12-29)10-15-33(39)43-36(2,3)4/h8-15,20,24,26-28,34H,5-7,16-19,21-23H2,1-4H3,(H,38,40)/b15-10+. The first-order valence-electron chi connectivity index (χ1n) is 16.4. The monoisotopic (exact) mass is 601 g/mol. The number of benzene rings is 2. The zero-order valence-corrected chi connectivity index (χ0v) is 26.6. The van der Waals surface area contributed by atoms with Crippen LogP contribution in [0.2, 0.25) is 0 Å². The van der Waals surface area contributed by atoms with E-state index in [9.17, 15) is 9.59 Å². The highest BCUT2D eigenvalue weighted by atomic mass is 16.8. The molecule has 5 fully saturated rings. The lowest BCUT2D eigenvalue weighted by Gasteiger charge is -2.57. The first-order chi connectivity index (χ1) is 21.0. The van der Waals surface area contributed by atoms with Crippen LogP contribution < -0.4 is 10.2 Å². The van der Waals surface area contributed by atoms with Gasteiger partial charge in [-0.05, 0) is 137 Å². The summed E-state index contributed by atoms with van der Waals surface area (Å²) in [6.07, 6.45) is 12.6. The largest absolute Gasteiger partial charge is 0.481 e. The van der Waals surface area contributed by atoms with E-state index in [0.717, 1.165) is 59.5 Å². The summed E-state index contributed by atoms with van der Waals surface area (Å²) in [4.78, 5) is 30.6. The van der Waals surface area contributed by atoms with Gasteiger partial charge in [-0.25, -0.2) is 15.1 Å². The van der Waals surface area contributed by atoms with Crippen molar-refractivity contribution in [1.82, 2.24) is 5.48 Å². The van der Waals surface area contributed by atoms with E-state index in [-0.39, 0.29) is 17.3 Å². The molecule has 2 unspecified atom stereocenters. The van der Waals surface area contributed by atoms with Gasteiger partial charge in [0.05, 0.1) is 0 Å². The van der Waals surface area contributed by atoms with Crippen molar-refractivity contribution in [2.24, 2.45) is 17.8 Å². The summed E-state index contributed by atoms with van der Waals surface area (Å²) in [6.45, 7) is 8.01. The molecule has 7 nitrogen and oxygen atoms in total. The number of rotatable bonds is 9. The molecule has 2 atom stereocenters. The minimum atomic E-state index is -0.715. The van der Waals surface area contributed by atoms with E-state index in [4.69, 9.17) is 19.0 Å². The van der Waals surface area contributed by atoms with Gasteiger partial charge in [0.1, 0.15) is 11.4 Å². The van der Waals surface area contributed by atoms with E-state index < -0.39 is 18.0 Å². The fourth-order valence-electron chi connectivity index (χ4n) is 8.21. The Labute approximate surface area is 261 Å². The van der Waals surface area contributed by atoms with Gasteiger partial charge in [0, 0.05) is 24.7 Å². The third-order valence-electron chi connectivity index (χ3n) is 9.75. The fourth-order valence-corrected chi connectivity index (χ4v) is 8.21. The molecule has 236 valence electrons. The Morgan fingerprint density at radius 1 is 0.955 bits per heavy atom. The molecule has 2 aromatic carbocycles. The summed E-state index contributed by atoms with van der Waals surface area (Å²) < 4.78 is 17.4. The molecule has 0 spiro atoms. The van der Waals surface area contributed by atoms with E-state index in [1.807, 2.05) is 32.9 Å². The van der Waals surface area contributed by atoms with Crippen LogP contribution in [0.15, 0.2) is 48.5 Å². The maximum Gasteiger partial charge on any atom is 0.331 e. The zero-order valence-electron chi connectivity index (χ0n) is 26.6. The smallest absolute Gasteiger partial charge is 0.331 e. The second-order valence-corrected chi connectivity index (χ2v) is 14.5. The Morgan fingerprint density at radius 3 is 2.23 bits per heavy atom. The first kappa shape index (κ1) is 30.8. The number of esters is 1. The Morgan fingerprint density at radius 2 is 1.61 bits per heavy atom. The van der Waals surface area contributed by atoms with Crippen LogP contribution in [-0.2, 0) is 29.3 Å². The van der Waals surface area contributed by atoms with E-state index in [1.54, 1.807) is 13.0 Å². The number of carbonyl (C=O) groups is 2. The van der Waals surface area contributed by atoms with Crippen molar-refractivity contribution in [2.45, 2.75) is 109 Å². The molecule has 4 bridgehead atoms. The summed E-state index contributed by atoms with van der Waals surface area (Å²) in [6, 6.07) is 14.7. The molecule has 4 saturated carbocycles. The Bertz CT molecular complexity index is 1330. The maximum atomic E-state index is 13.0. The average molecular weight is 602 g/mol. The van der Waals surface area contributed by atoms with Gasteiger partial charge < -0.3 is 14.2 Å². The van der Waals surface area contributed by atoms with Gasteiger partial charge in [-0.2, -0.15) is 0 Å². The number of ether oxygens (including phenoxy) is 3. The van der Waals surface area contributed by atoms with E-state index in [1.165, 1.54) is 50.2 Å². The highest BCUT2D eigenvalue weighted by Gasteiger charge is 2.52. The van der Waals surface area contributed by atoms with Crippen LogP contribution in [0, 0.1) is 17.8 Å². The van der Waals surface area contributed by atoms with Crippen molar-refractivity contribution in [3.8, 4) is 16.9 Å². The third-order valence-corrected chi connectivity index (χ3v) is 9.75. The molecule has 0 radical (unpaired) electrons. The summed E-state index contributed by atoms with van der Waals surface area (Å²) >= 11 is 0. The van der Waals surface area contributed by atoms with Crippen molar-refractivity contribution < 1.29 is 28.6 Å². The second kappa shape index (κ2) is 12.7. The summed E-state index contributed by atoms with van der Waals surface area (Å²) in [5.41, 5.74) is 6.53. The lowest BCUT2D eigenvalue weighted by molar-refractivity contribution is -0.202.